The van der Waals surface area contributed by atoms with E-state index in [0.29, 0.717) is 11.9 Å². The number of morpholine rings is 1. The lowest BCUT2D eigenvalue weighted by Gasteiger charge is -2.37. The van der Waals surface area contributed by atoms with E-state index in [2.05, 4.69) is 29.3 Å². The first-order chi connectivity index (χ1) is 7.79. The summed E-state index contributed by atoms with van der Waals surface area (Å²) in [4.78, 5) is 3.94. The molecule has 0 aliphatic carbocycles. The van der Waals surface area contributed by atoms with Crippen LogP contribution in [-0.2, 0) is 11.2 Å². The van der Waals surface area contributed by atoms with Crippen LogP contribution in [0.5, 0.6) is 0 Å². The fourth-order valence-electron chi connectivity index (χ4n) is 1.99. The van der Waals surface area contributed by atoms with E-state index in [0.717, 1.165) is 26.1 Å². The fourth-order valence-corrected chi connectivity index (χ4v) is 2.87. The van der Waals surface area contributed by atoms with E-state index in [-0.39, 0.29) is 6.10 Å². The monoisotopic (exact) mass is 259 g/mol. The van der Waals surface area contributed by atoms with Gasteiger partial charge < -0.3 is 4.74 Å². The van der Waals surface area contributed by atoms with Crippen LogP contribution in [0, 0.1) is 0 Å². The van der Waals surface area contributed by atoms with Gasteiger partial charge in [-0.1, -0.05) is 6.07 Å². The maximum Gasteiger partial charge on any atom is 0.0837 e. The van der Waals surface area contributed by atoms with Crippen LogP contribution >= 0.6 is 22.9 Å². The van der Waals surface area contributed by atoms with Crippen LogP contribution in [0.3, 0.4) is 0 Å². The molecule has 0 radical (unpaired) electrons. The van der Waals surface area contributed by atoms with Gasteiger partial charge in [0.15, 0.2) is 0 Å². The first-order valence-corrected chi connectivity index (χ1v) is 7.15. The van der Waals surface area contributed by atoms with Crippen LogP contribution in [0.4, 0.5) is 0 Å². The van der Waals surface area contributed by atoms with Crippen molar-refractivity contribution in [2.24, 2.45) is 0 Å². The lowest BCUT2D eigenvalue weighted by molar-refractivity contribution is -0.0470. The molecule has 2 unspecified atom stereocenters. The zero-order valence-electron chi connectivity index (χ0n) is 9.56. The van der Waals surface area contributed by atoms with Gasteiger partial charge in [0.2, 0.25) is 0 Å². The number of ether oxygens (including phenoxy) is 1. The predicted molar refractivity (Wildman–Crippen MR) is 69.5 cm³/mol. The Morgan fingerprint density at radius 1 is 1.62 bits per heavy atom. The number of hydrogen-bond acceptors (Lipinski definition) is 3. The number of rotatable bonds is 4. The first kappa shape index (κ1) is 12.4. The van der Waals surface area contributed by atoms with Gasteiger partial charge in [0, 0.05) is 29.9 Å². The molecule has 2 heterocycles. The number of thiophene rings is 1. The maximum absolute atomic E-state index is 5.84. The van der Waals surface area contributed by atoms with Crippen molar-refractivity contribution in [2.75, 3.05) is 25.6 Å². The molecule has 90 valence electrons. The van der Waals surface area contributed by atoms with Gasteiger partial charge in [-0.25, -0.2) is 0 Å². The van der Waals surface area contributed by atoms with Gasteiger partial charge in [-0.3, -0.25) is 4.90 Å². The third kappa shape index (κ3) is 3.20. The Bertz CT molecular complexity index is 304. The predicted octanol–water partition coefficient (Wildman–Crippen LogP) is 2.62. The summed E-state index contributed by atoms with van der Waals surface area (Å²) in [7, 11) is 0. The summed E-state index contributed by atoms with van der Waals surface area (Å²) in [6.45, 7) is 5.11. The largest absolute Gasteiger partial charge is 0.374 e. The number of halogens is 1. The van der Waals surface area contributed by atoms with Crippen molar-refractivity contribution < 1.29 is 4.74 Å². The van der Waals surface area contributed by atoms with Crippen molar-refractivity contribution in [2.45, 2.75) is 25.5 Å². The molecule has 1 aromatic rings. The Kier molecular flexibility index (Phi) is 4.65. The minimum Gasteiger partial charge on any atom is -0.374 e. The van der Waals surface area contributed by atoms with Crippen molar-refractivity contribution in [1.82, 2.24) is 4.90 Å². The molecule has 2 atom stereocenters. The van der Waals surface area contributed by atoms with E-state index in [4.69, 9.17) is 16.3 Å². The smallest absolute Gasteiger partial charge is 0.0837 e. The minimum absolute atomic E-state index is 0.209. The van der Waals surface area contributed by atoms with Gasteiger partial charge >= 0.3 is 0 Å². The lowest BCUT2D eigenvalue weighted by Crippen LogP contribution is -2.49. The third-order valence-corrected chi connectivity index (χ3v) is 4.31. The quantitative estimate of drug-likeness (QED) is 0.771. The van der Waals surface area contributed by atoms with Crippen LogP contribution in [0.1, 0.15) is 11.8 Å². The maximum atomic E-state index is 5.84. The van der Waals surface area contributed by atoms with Gasteiger partial charge in [-0.2, -0.15) is 0 Å². The molecule has 0 saturated carbocycles. The third-order valence-electron chi connectivity index (χ3n) is 3.03. The Morgan fingerprint density at radius 2 is 2.50 bits per heavy atom. The van der Waals surface area contributed by atoms with Gasteiger partial charge in [-0.05, 0) is 24.8 Å². The van der Waals surface area contributed by atoms with E-state index in [1.54, 1.807) is 0 Å². The molecule has 0 N–H and O–H groups in total. The SMILES string of the molecule is CC1COC(CCl)CN1CCc1cccs1. The van der Waals surface area contributed by atoms with Gasteiger partial charge in [-0.15, -0.1) is 22.9 Å². The topological polar surface area (TPSA) is 12.5 Å². The molecule has 1 saturated heterocycles. The molecule has 1 aromatic heterocycles. The molecule has 1 fully saturated rings. The summed E-state index contributed by atoms with van der Waals surface area (Å²) in [6, 6.07) is 4.83. The highest BCUT2D eigenvalue weighted by Gasteiger charge is 2.24. The zero-order chi connectivity index (χ0) is 11.4. The standard InChI is InChI=1S/C12H18ClNOS/c1-10-9-15-11(7-13)8-14(10)5-4-12-3-2-6-16-12/h2-3,6,10-11H,4-5,7-9H2,1H3. The van der Waals surface area contributed by atoms with E-state index in [1.165, 1.54) is 4.88 Å². The summed E-state index contributed by atoms with van der Waals surface area (Å²) >= 11 is 7.68. The molecule has 0 amide bonds. The Labute approximate surface area is 106 Å². The highest BCUT2D eigenvalue weighted by atomic mass is 35.5. The van der Waals surface area contributed by atoms with E-state index < -0.39 is 0 Å². The molecular formula is C12H18ClNOS. The highest BCUT2D eigenvalue weighted by molar-refractivity contribution is 7.09. The van der Waals surface area contributed by atoms with Gasteiger partial charge in [0.25, 0.3) is 0 Å². The summed E-state index contributed by atoms with van der Waals surface area (Å²) < 4.78 is 5.64. The first-order valence-electron chi connectivity index (χ1n) is 5.73. The minimum atomic E-state index is 0.209. The van der Waals surface area contributed by atoms with E-state index >= 15 is 0 Å². The fraction of sp³-hybridized carbons (Fsp3) is 0.667. The summed E-state index contributed by atoms with van der Waals surface area (Å²) in [5.74, 6) is 0.599. The van der Waals surface area contributed by atoms with E-state index in [1.807, 2.05) is 11.3 Å². The summed E-state index contributed by atoms with van der Waals surface area (Å²) in [5.41, 5.74) is 0. The summed E-state index contributed by atoms with van der Waals surface area (Å²) in [6.07, 6.45) is 1.35. The molecule has 2 rings (SSSR count). The summed E-state index contributed by atoms with van der Waals surface area (Å²) in [5, 5.41) is 2.14. The molecule has 4 heteroatoms. The second kappa shape index (κ2) is 6.01. The number of nitrogens with zero attached hydrogens (tertiary/aromatic N) is 1. The van der Waals surface area contributed by atoms with Crippen molar-refractivity contribution in [3.05, 3.63) is 22.4 Å². The number of alkyl halides is 1. The van der Waals surface area contributed by atoms with Gasteiger partial charge in [0.1, 0.15) is 0 Å². The second-order valence-corrected chi connectivity index (χ2v) is 5.62. The van der Waals surface area contributed by atoms with Crippen molar-refractivity contribution in [3.63, 3.8) is 0 Å². The number of hydrogen-bond donors (Lipinski definition) is 0. The Morgan fingerprint density at radius 3 is 3.19 bits per heavy atom. The van der Waals surface area contributed by atoms with Crippen LogP contribution in [0.15, 0.2) is 17.5 Å². The highest BCUT2D eigenvalue weighted by Crippen LogP contribution is 2.15. The van der Waals surface area contributed by atoms with E-state index in [9.17, 15) is 0 Å². The molecule has 2 nitrogen and oxygen atoms in total. The zero-order valence-corrected chi connectivity index (χ0v) is 11.1. The van der Waals surface area contributed by atoms with Gasteiger partial charge in [0.05, 0.1) is 12.7 Å². The second-order valence-electron chi connectivity index (χ2n) is 4.28. The average molecular weight is 260 g/mol. The normalized spacial score (nSPS) is 27.1. The average Bonchev–Trinajstić information content (AvgIpc) is 2.81. The van der Waals surface area contributed by atoms with Crippen LogP contribution in [0.25, 0.3) is 0 Å². The Balaban J connectivity index is 1.82. The molecule has 0 aromatic carbocycles. The van der Waals surface area contributed by atoms with Crippen molar-refractivity contribution in [3.8, 4) is 0 Å². The van der Waals surface area contributed by atoms with Crippen LogP contribution in [-0.4, -0.2) is 42.6 Å². The molecule has 0 bridgehead atoms. The van der Waals surface area contributed by atoms with Crippen molar-refractivity contribution >= 4 is 22.9 Å². The van der Waals surface area contributed by atoms with Crippen LogP contribution in [0.2, 0.25) is 0 Å². The molecule has 1 aliphatic heterocycles. The molecule has 16 heavy (non-hydrogen) atoms. The van der Waals surface area contributed by atoms with Crippen molar-refractivity contribution in [1.29, 1.82) is 0 Å². The lowest BCUT2D eigenvalue weighted by atomic mass is 10.2. The van der Waals surface area contributed by atoms with Crippen LogP contribution < -0.4 is 0 Å². The molecule has 1 aliphatic rings. The molecule has 0 spiro atoms. The Hall–Kier alpha value is -0.0900. The molecular weight excluding hydrogens is 242 g/mol.